The van der Waals surface area contributed by atoms with Crippen LogP contribution in [0.3, 0.4) is 0 Å². The number of rotatable bonds is 3. The van der Waals surface area contributed by atoms with Gasteiger partial charge < -0.3 is 9.88 Å². The first-order valence-corrected chi connectivity index (χ1v) is 6.89. The van der Waals surface area contributed by atoms with Crippen LogP contribution in [0, 0.1) is 6.92 Å². The first-order chi connectivity index (χ1) is 10.1. The van der Waals surface area contributed by atoms with Crippen LogP contribution >= 0.6 is 0 Å². The standard InChI is InChI=1S/C17H17N3O/c1-12-6-5-7-13(10-12)17(21)20(2)11-16-18-14-8-3-4-9-15(14)19-16/h3-10H,11H2,1-2H3,(H,18,19). The van der Waals surface area contributed by atoms with E-state index in [0.717, 1.165) is 22.4 Å². The Morgan fingerprint density at radius 2 is 2.00 bits per heavy atom. The third-order valence-electron chi connectivity index (χ3n) is 3.44. The summed E-state index contributed by atoms with van der Waals surface area (Å²) in [6.07, 6.45) is 0. The number of benzene rings is 2. The predicted molar refractivity (Wildman–Crippen MR) is 83.1 cm³/mol. The Morgan fingerprint density at radius 1 is 1.19 bits per heavy atom. The van der Waals surface area contributed by atoms with Gasteiger partial charge in [-0.05, 0) is 31.2 Å². The number of nitrogens with zero attached hydrogens (tertiary/aromatic N) is 2. The minimum atomic E-state index is -0.000781. The van der Waals surface area contributed by atoms with Crippen molar-refractivity contribution in [2.45, 2.75) is 13.5 Å². The van der Waals surface area contributed by atoms with Crippen molar-refractivity contribution in [2.24, 2.45) is 0 Å². The van der Waals surface area contributed by atoms with Gasteiger partial charge in [0.1, 0.15) is 5.82 Å². The molecule has 1 heterocycles. The molecule has 0 atom stereocenters. The zero-order valence-corrected chi connectivity index (χ0v) is 12.1. The zero-order chi connectivity index (χ0) is 14.8. The third-order valence-corrected chi connectivity index (χ3v) is 3.44. The molecule has 2 aromatic carbocycles. The molecular weight excluding hydrogens is 262 g/mol. The Balaban J connectivity index is 1.79. The molecule has 0 bridgehead atoms. The molecule has 3 rings (SSSR count). The molecule has 21 heavy (non-hydrogen) atoms. The molecule has 0 aliphatic carbocycles. The highest BCUT2D eigenvalue weighted by Crippen LogP contribution is 2.13. The van der Waals surface area contributed by atoms with Crippen molar-refractivity contribution in [1.82, 2.24) is 14.9 Å². The summed E-state index contributed by atoms with van der Waals surface area (Å²) in [7, 11) is 1.79. The van der Waals surface area contributed by atoms with Crippen LogP contribution in [0.25, 0.3) is 11.0 Å². The fourth-order valence-electron chi connectivity index (χ4n) is 2.38. The van der Waals surface area contributed by atoms with Gasteiger partial charge >= 0.3 is 0 Å². The van der Waals surface area contributed by atoms with Crippen LogP contribution in [0.4, 0.5) is 0 Å². The van der Waals surface area contributed by atoms with Gasteiger partial charge in [-0.3, -0.25) is 4.79 Å². The molecule has 1 aromatic heterocycles. The smallest absolute Gasteiger partial charge is 0.254 e. The SMILES string of the molecule is Cc1cccc(C(=O)N(C)Cc2nc3ccccc3[nH]2)c1. The normalized spacial score (nSPS) is 10.8. The van der Waals surface area contributed by atoms with Crippen molar-refractivity contribution < 1.29 is 4.79 Å². The molecule has 0 aliphatic rings. The second kappa shape index (κ2) is 5.40. The molecule has 0 saturated heterocycles. The van der Waals surface area contributed by atoms with Crippen LogP contribution in [0.5, 0.6) is 0 Å². The zero-order valence-electron chi connectivity index (χ0n) is 12.1. The Labute approximate surface area is 123 Å². The van der Waals surface area contributed by atoms with Gasteiger partial charge in [0.25, 0.3) is 5.91 Å². The largest absolute Gasteiger partial charge is 0.340 e. The van der Waals surface area contributed by atoms with Crippen molar-refractivity contribution in [1.29, 1.82) is 0 Å². The molecule has 0 fully saturated rings. The molecule has 1 N–H and O–H groups in total. The molecule has 0 spiro atoms. The lowest BCUT2D eigenvalue weighted by atomic mass is 10.1. The lowest BCUT2D eigenvalue weighted by molar-refractivity contribution is 0.0782. The Hall–Kier alpha value is -2.62. The minimum Gasteiger partial charge on any atom is -0.340 e. The van der Waals surface area contributed by atoms with Gasteiger partial charge in [0, 0.05) is 12.6 Å². The van der Waals surface area contributed by atoms with Gasteiger partial charge in [0.15, 0.2) is 0 Å². The van der Waals surface area contributed by atoms with Crippen LogP contribution in [-0.2, 0) is 6.54 Å². The number of aryl methyl sites for hydroxylation is 1. The average Bonchev–Trinajstić information content (AvgIpc) is 2.88. The van der Waals surface area contributed by atoms with Crippen molar-refractivity contribution in [2.75, 3.05) is 7.05 Å². The summed E-state index contributed by atoms with van der Waals surface area (Å²) in [4.78, 5) is 21.8. The number of H-pyrrole nitrogens is 1. The van der Waals surface area contributed by atoms with Crippen LogP contribution in [0.2, 0.25) is 0 Å². The minimum absolute atomic E-state index is 0.000781. The van der Waals surface area contributed by atoms with Crippen LogP contribution in [-0.4, -0.2) is 27.8 Å². The van der Waals surface area contributed by atoms with E-state index >= 15 is 0 Å². The molecule has 106 valence electrons. The fourth-order valence-corrected chi connectivity index (χ4v) is 2.38. The lowest BCUT2D eigenvalue weighted by Gasteiger charge is -2.16. The number of imidazole rings is 1. The summed E-state index contributed by atoms with van der Waals surface area (Å²) in [5, 5.41) is 0. The molecular formula is C17H17N3O. The van der Waals surface area contributed by atoms with Crippen molar-refractivity contribution in [3.05, 3.63) is 65.5 Å². The van der Waals surface area contributed by atoms with E-state index in [-0.39, 0.29) is 5.91 Å². The first kappa shape index (κ1) is 13.4. The molecule has 1 amide bonds. The van der Waals surface area contributed by atoms with Gasteiger partial charge in [-0.2, -0.15) is 0 Å². The van der Waals surface area contributed by atoms with E-state index in [4.69, 9.17) is 0 Å². The number of hydrogen-bond acceptors (Lipinski definition) is 2. The Morgan fingerprint density at radius 3 is 2.76 bits per heavy atom. The number of carbonyl (C=O) groups excluding carboxylic acids is 1. The number of nitrogens with one attached hydrogen (secondary N) is 1. The van der Waals surface area contributed by atoms with E-state index in [1.807, 2.05) is 55.5 Å². The summed E-state index contributed by atoms with van der Waals surface area (Å²) in [6.45, 7) is 2.44. The van der Waals surface area contributed by atoms with E-state index in [0.29, 0.717) is 12.1 Å². The first-order valence-electron chi connectivity index (χ1n) is 6.89. The highest BCUT2D eigenvalue weighted by Gasteiger charge is 2.13. The van der Waals surface area contributed by atoms with Crippen molar-refractivity contribution >= 4 is 16.9 Å². The number of aromatic nitrogens is 2. The van der Waals surface area contributed by atoms with Crippen LogP contribution in [0.1, 0.15) is 21.7 Å². The quantitative estimate of drug-likeness (QED) is 0.800. The molecule has 0 saturated carbocycles. The number of fused-ring (bicyclic) bond motifs is 1. The Kier molecular flexibility index (Phi) is 3.44. The molecule has 0 radical (unpaired) electrons. The van der Waals surface area contributed by atoms with Gasteiger partial charge in [-0.1, -0.05) is 29.8 Å². The van der Waals surface area contributed by atoms with E-state index in [1.54, 1.807) is 11.9 Å². The maximum absolute atomic E-state index is 12.4. The number of hydrogen-bond donors (Lipinski definition) is 1. The van der Waals surface area contributed by atoms with E-state index in [1.165, 1.54) is 0 Å². The molecule has 4 nitrogen and oxygen atoms in total. The number of para-hydroxylation sites is 2. The molecule has 4 heteroatoms. The van der Waals surface area contributed by atoms with Gasteiger partial charge in [0.05, 0.1) is 17.6 Å². The van der Waals surface area contributed by atoms with E-state index < -0.39 is 0 Å². The third kappa shape index (κ3) is 2.79. The second-order valence-electron chi connectivity index (χ2n) is 5.23. The monoisotopic (exact) mass is 279 g/mol. The maximum Gasteiger partial charge on any atom is 0.254 e. The van der Waals surface area contributed by atoms with Gasteiger partial charge in [-0.15, -0.1) is 0 Å². The predicted octanol–water partition coefficient (Wildman–Crippen LogP) is 3.14. The molecule has 0 unspecified atom stereocenters. The summed E-state index contributed by atoms with van der Waals surface area (Å²) < 4.78 is 0. The molecule has 3 aromatic rings. The molecule has 0 aliphatic heterocycles. The summed E-state index contributed by atoms with van der Waals surface area (Å²) in [6, 6.07) is 15.5. The van der Waals surface area contributed by atoms with E-state index in [9.17, 15) is 4.79 Å². The summed E-state index contributed by atoms with van der Waals surface area (Å²) in [5.74, 6) is 0.791. The number of aromatic amines is 1. The Bertz CT molecular complexity index is 758. The summed E-state index contributed by atoms with van der Waals surface area (Å²) >= 11 is 0. The lowest BCUT2D eigenvalue weighted by Crippen LogP contribution is -2.26. The maximum atomic E-state index is 12.4. The van der Waals surface area contributed by atoms with Crippen molar-refractivity contribution in [3.8, 4) is 0 Å². The number of amides is 1. The highest BCUT2D eigenvalue weighted by atomic mass is 16.2. The van der Waals surface area contributed by atoms with Gasteiger partial charge in [0.2, 0.25) is 0 Å². The highest BCUT2D eigenvalue weighted by molar-refractivity contribution is 5.94. The van der Waals surface area contributed by atoms with Gasteiger partial charge in [-0.25, -0.2) is 4.98 Å². The van der Waals surface area contributed by atoms with Crippen LogP contribution in [0.15, 0.2) is 48.5 Å². The van der Waals surface area contributed by atoms with Crippen LogP contribution < -0.4 is 0 Å². The topological polar surface area (TPSA) is 49.0 Å². The van der Waals surface area contributed by atoms with Crippen molar-refractivity contribution in [3.63, 3.8) is 0 Å². The fraction of sp³-hybridized carbons (Fsp3) is 0.176. The average molecular weight is 279 g/mol. The second-order valence-corrected chi connectivity index (χ2v) is 5.23. The number of carbonyl (C=O) groups is 1. The summed E-state index contributed by atoms with van der Waals surface area (Å²) in [5.41, 5.74) is 3.69. The van der Waals surface area contributed by atoms with E-state index in [2.05, 4.69) is 9.97 Å².